The van der Waals surface area contributed by atoms with Crippen LogP contribution < -0.4 is 5.32 Å². The molecule has 0 saturated carbocycles. The van der Waals surface area contributed by atoms with E-state index in [9.17, 15) is 13.2 Å². The normalized spacial score (nSPS) is 19.7. The maximum atomic E-state index is 12.9. The van der Waals surface area contributed by atoms with Gasteiger partial charge in [0, 0.05) is 44.3 Å². The second-order valence-electron chi connectivity index (χ2n) is 8.32. The Morgan fingerprint density at radius 1 is 1.10 bits per heavy atom. The molecule has 1 N–H and O–H groups in total. The monoisotopic (exact) mass is 419 g/mol. The van der Waals surface area contributed by atoms with Gasteiger partial charge in [-0.1, -0.05) is 24.1 Å². The molecule has 160 valence electrons. The van der Waals surface area contributed by atoms with Crippen molar-refractivity contribution in [2.75, 3.05) is 32.7 Å². The van der Waals surface area contributed by atoms with Crippen molar-refractivity contribution in [2.45, 2.75) is 56.9 Å². The number of likely N-dealkylation sites (tertiary alicyclic amines) is 1. The lowest BCUT2D eigenvalue weighted by atomic mass is 10.0. The van der Waals surface area contributed by atoms with E-state index in [0.29, 0.717) is 18.7 Å². The van der Waals surface area contributed by atoms with Crippen LogP contribution >= 0.6 is 0 Å². The molecule has 7 heteroatoms. The van der Waals surface area contributed by atoms with Crippen LogP contribution in [0.4, 0.5) is 0 Å². The van der Waals surface area contributed by atoms with Gasteiger partial charge in [0.2, 0.25) is 10.0 Å². The molecule has 2 fully saturated rings. The Kier molecular flexibility index (Phi) is 7.49. The highest BCUT2D eigenvalue weighted by molar-refractivity contribution is 7.89. The molecule has 6 nitrogen and oxygen atoms in total. The Morgan fingerprint density at radius 3 is 2.45 bits per heavy atom. The van der Waals surface area contributed by atoms with E-state index in [4.69, 9.17) is 0 Å². The summed E-state index contributed by atoms with van der Waals surface area (Å²) in [4.78, 5) is 15.3. The lowest BCUT2D eigenvalue weighted by Crippen LogP contribution is -2.44. The number of carbonyl (C=O) groups is 1. The number of benzene rings is 1. The molecule has 2 heterocycles. The Hall–Kier alpha value is -1.70. The SMILES string of the molecule is CC(C)=CCN1CCC(NC(=O)c2cccc(S(=O)(=O)N3CCCCC3)c2)CC1. The molecular weight excluding hydrogens is 386 g/mol. The molecule has 29 heavy (non-hydrogen) atoms. The third kappa shape index (κ3) is 5.90. The van der Waals surface area contributed by atoms with Crippen molar-refractivity contribution in [1.29, 1.82) is 0 Å². The number of hydrogen-bond donors (Lipinski definition) is 1. The van der Waals surface area contributed by atoms with Crippen LogP contribution in [0.15, 0.2) is 40.8 Å². The number of hydrogen-bond acceptors (Lipinski definition) is 4. The van der Waals surface area contributed by atoms with Crippen LogP contribution in [0, 0.1) is 0 Å². The van der Waals surface area contributed by atoms with E-state index in [-0.39, 0.29) is 16.8 Å². The summed E-state index contributed by atoms with van der Waals surface area (Å²) < 4.78 is 27.3. The van der Waals surface area contributed by atoms with Crippen molar-refractivity contribution in [3.8, 4) is 0 Å². The van der Waals surface area contributed by atoms with Crippen LogP contribution in [0.25, 0.3) is 0 Å². The number of amides is 1. The lowest BCUT2D eigenvalue weighted by molar-refractivity contribution is 0.0914. The zero-order chi connectivity index (χ0) is 20.9. The highest BCUT2D eigenvalue weighted by Crippen LogP contribution is 2.21. The molecule has 2 aliphatic heterocycles. The summed E-state index contributed by atoms with van der Waals surface area (Å²) in [5, 5.41) is 3.09. The van der Waals surface area contributed by atoms with Crippen molar-refractivity contribution in [1.82, 2.24) is 14.5 Å². The fourth-order valence-electron chi connectivity index (χ4n) is 3.89. The van der Waals surface area contributed by atoms with Crippen LogP contribution in [-0.2, 0) is 10.0 Å². The summed E-state index contributed by atoms with van der Waals surface area (Å²) in [5.74, 6) is -0.191. The molecule has 3 rings (SSSR count). The minimum Gasteiger partial charge on any atom is -0.349 e. The van der Waals surface area contributed by atoms with Gasteiger partial charge < -0.3 is 5.32 Å². The van der Waals surface area contributed by atoms with Gasteiger partial charge in [0.25, 0.3) is 5.91 Å². The first-order chi connectivity index (χ1) is 13.9. The standard InChI is InChI=1S/C22H33N3O3S/c1-18(2)9-14-24-15-10-20(11-16-24)23-22(26)19-7-6-8-21(17-19)29(27,28)25-12-4-3-5-13-25/h6-9,17,20H,3-5,10-16H2,1-2H3,(H,23,26). The number of piperidine rings is 2. The van der Waals surface area contributed by atoms with Gasteiger partial charge in [0.1, 0.15) is 0 Å². The highest BCUT2D eigenvalue weighted by atomic mass is 32.2. The molecule has 2 saturated heterocycles. The topological polar surface area (TPSA) is 69.7 Å². The van der Waals surface area contributed by atoms with Crippen LogP contribution in [0.2, 0.25) is 0 Å². The molecule has 0 atom stereocenters. The summed E-state index contributed by atoms with van der Waals surface area (Å²) in [5.41, 5.74) is 1.73. The van der Waals surface area contributed by atoms with E-state index < -0.39 is 10.0 Å². The zero-order valence-electron chi connectivity index (χ0n) is 17.6. The lowest BCUT2D eigenvalue weighted by Gasteiger charge is -2.31. The van der Waals surface area contributed by atoms with Crippen molar-refractivity contribution in [3.63, 3.8) is 0 Å². The quantitative estimate of drug-likeness (QED) is 0.720. The molecule has 1 amide bonds. The molecule has 0 bridgehead atoms. The minimum atomic E-state index is -3.53. The Bertz CT molecular complexity index is 833. The summed E-state index contributed by atoms with van der Waals surface area (Å²) in [6, 6.07) is 6.58. The maximum absolute atomic E-state index is 12.9. The molecule has 0 radical (unpaired) electrons. The molecular formula is C22H33N3O3S. The van der Waals surface area contributed by atoms with E-state index in [0.717, 1.165) is 51.7 Å². The fraction of sp³-hybridized carbons (Fsp3) is 0.591. The second kappa shape index (κ2) is 9.87. The molecule has 0 aromatic heterocycles. The first-order valence-corrected chi connectivity index (χ1v) is 12.1. The summed E-state index contributed by atoms with van der Waals surface area (Å²) in [6.07, 6.45) is 6.91. The maximum Gasteiger partial charge on any atom is 0.251 e. The smallest absolute Gasteiger partial charge is 0.251 e. The summed E-state index contributed by atoms with van der Waals surface area (Å²) >= 11 is 0. The molecule has 1 aromatic carbocycles. The van der Waals surface area contributed by atoms with Crippen molar-refractivity contribution >= 4 is 15.9 Å². The first-order valence-electron chi connectivity index (χ1n) is 10.6. The minimum absolute atomic E-state index is 0.132. The highest BCUT2D eigenvalue weighted by Gasteiger charge is 2.27. The Labute approximate surface area is 175 Å². The van der Waals surface area contributed by atoms with Gasteiger partial charge in [-0.05, 0) is 57.7 Å². The zero-order valence-corrected chi connectivity index (χ0v) is 18.4. The molecule has 0 unspecified atom stereocenters. The van der Waals surface area contributed by atoms with E-state index in [2.05, 4.69) is 30.1 Å². The van der Waals surface area contributed by atoms with Gasteiger partial charge >= 0.3 is 0 Å². The van der Waals surface area contributed by atoms with Crippen LogP contribution in [0.3, 0.4) is 0 Å². The van der Waals surface area contributed by atoms with Gasteiger partial charge in [-0.15, -0.1) is 0 Å². The van der Waals surface area contributed by atoms with Gasteiger partial charge in [0.05, 0.1) is 4.90 Å². The first kappa shape index (κ1) is 22.0. The van der Waals surface area contributed by atoms with Crippen LogP contribution in [0.5, 0.6) is 0 Å². The molecule has 2 aliphatic rings. The van der Waals surface area contributed by atoms with Gasteiger partial charge in [-0.2, -0.15) is 4.31 Å². The van der Waals surface area contributed by atoms with Crippen LogP contribution in [-0.4, -0.2) is 62.3 Å². The average molecular weight is 420 g/mol. The molecule has 0 aliphatic carbocycles. The third-order valence-corrected chi connectivity index (χ3v) is 7.62. The number of nitrogens with one attached hydrogen (secondary N) is 1. The predicted molar refractivity (Wildman–Crippen MR) is 115 cm³/mol. The van der Waals surface area contributed by atoms with Crippen LogP contribution in [0.1, 0.15) is 56.3 Å². The van der Waals surface area contributed by atoms with Crippen molar-refractivity contribution in [2.24, 2.45) is 0 Å². The second-order valence-corrected chi connectivity index (χ2v) is 10.3. The fourth-order valence-corrected chi connectivity index (χ4v) is 5.46. The third-order valence-electron chi connectivity index (χ3n) is 5.73. The van der Waals surface area contributed by atoms with Gasteiger partial charge in [0.15, 0.2) is 0 Å². The van der Waals surface area contributed by atoms with Crippen molar-refractivity contribution in [3.05, 3.63) is 41.5 Å². The number of allylic oxidation sites excluding steroid dienone is 1. The van der Waals surface area contributed by atoms with E-state index in [1.54, 1.807) is 18.2 Å². The van der Waals surface area contributed by atoms with E-state index >= 15 is 0 Å². The largest absolute Gasteiger partial charge is 0.349 e. The summed E-state index contributed by atoms with van der Waals surface area (Å²) in [6.45, 7) is 8.20. The number of carbonyl (C=O) groups excluding carboxylic acids is 1. The Morgan fingerprint density at radius 2 is 1.79 bits per heavy atom. The van der Waals surface area contributed by atoms with Gasteiger partial charge in [-0.25, -0.2) is 8.42 Å². The van der Waals surface area contributed by atoms with Gasteiger partial charge in [-0.3, -0.25) is 9.69 Å². The molecule has 0 spiro atoms. The summed E-state index contributed by atoms with van der Waals surface area (Å²) in [7, 11) is -3.53. The van der Waals surface area contributed by atoms with Crippen molar-refractivity contribution < 1.29 is 13.2 Å². The Balaban J connectivity index is 1.59. The predicted octanol–water partition coefficient (Wildman–Crippen LogP) is 3.02. The number of rotatable bonds is 6. The number of nitrogens with zero attached hydrogens (tertiary/aromatic N) is 2. The molecule has 1 aromatic rings. The van der Waals surface area contributed by atoms with E-state index in [1.165, 1.54) is 15.9 Å². The van der Waals surface area contributed by atoms with E-state index in [1.807, 2.05) is 0 Å². The number of sulfonamides is 1. The average Bonchev–Trinajstić information content (AvgIpc) is 2.74.